The second-order valence-electron chi connectivity index (χ2n) is 6.01. The first-order chi connectivity index (χ1) is 14.3. The third-order valence-electron chi connectivity index (χ3n) is 3.46. The van der Waals surface area contributed by atoms with Gasteiger partial charge in [0, 0.05) is 17.9 Å². The van der Waals surface area contributed by atoms with Crippen molar-refractivity contribution < 1.29 is 37.8 Å². The summed E-state index contributed by atoms with van der Waals surface area (Å²) in [4.78, 5) is 43.8. The fraction of sp³-hybridized carbons (Fsp3) is 0.375. The number of carbonyl (C=O) groups is 4. The molecule has 0 aliphatic heterocycles. The Kier molecular flexibility index (Phi) is 12.2. The van der Waals surface area contributed by atoms with Crippen molar-refractivity contribution in [3.05, 3.63) is 24.3 Å². The number of carboxylic acid groups (broad SMARTS) is 2. The van der Waals surface area contributed by atoms with Crippen molar-refractivity contribution >= 4 is 52.1 Å². The van der Waals surface area contributed by atoms with Crippen LogP contribution < -0.4 is 27.2 Å². The number of thiol groups is 1. The Labute approximate surface area is 183 Å². The van der Waals surface area contributed by atoms with Gasteiger partial charge < -0.3 is 32.3 Å². The molecule has 0 aliphatic carbocycles. The number of carboxylic acids is 2. The Morgan fingerprint density at radius 2 is 1.65 bits per heavy atom. The van der Waals surface area contributed by atoms with Crippen LogP contribution in [0.15, 0.2) is 29.2 Å². The van der Waals surface area contributed by atoms with Gasteiger partial charge in [0.1, 0.15) is 18.6 Å². The molecule has 0 radical (unpaired) electrons. The second-order valence-corrected chi connectivity index (χ2v) is 7.94. The molecule has 1 aromatic rings. The van der Waals surface area contributed by atoms with Crippen LogP contribution in [0.4, 0.5) is 5.69 Å². The van der Waals surface area contributed by atoms with E-state index >= 15 is 0 Å². The number of nitrogens with one attached hydrogen (secondary N) is 2. The summed E-state index contributed by atoms with van der Waals surface area (Å²) in [6.45, 7) is -0.567. The molecule has 2 amide bonds. The number of nitrogen functional groups attached to an aromatic ring is 1. The normalized spacial score (nSPS) is 12.5. The molecular weight excluding hydrogens is 454 g/mol. The third-order valence-corrected chi connectivity index (χ3v) is 4.75. The summed E-state index contributed by atoms with van der Waals surface area (Å²) in [5, 5.41) is 26.2. The fourth-order valence-corrected chi connectivity index (χ4v) is 2.59. The number of amides is 2. The van der Waals surface area contributed by atoms with Gasteiger partial charge in [-0.05, 0) is 30.7 Å². The van der Waals surface area contributed by atoms with Crippen molar-refractivity contribution in [2.45, 2.75) is 29.8 Å². The smallest absolute Gasteiger partial charge is 0.322 e. The van der Waals surface area contributed by atoms with E-state index in [1.165, 1.54) is 24.3 Å². The summed E-state index contributed by atoms with van der Waals surface area (Å²) < 4.78 is 21.4. The number of primary sulfonamides is 1. The molecule has 31 heavy (non-hydrogen) atoms. The first-order valence-electron chi connectivity index (χ1n) is 8.54. The molecular formula is C16H25N5O8S2. The minimum atomic E-state index is -3.58. The zero-order valence-electron chi connectivity index (χ0n) is 16.2. The van der Waals surface area contributed by atoms with Crippen LogP contribution in [-0.2, 0) is 29.2 Å². The summed E-state index contributed by atoms with van der Waals surface area (Å²) in [6, 6.07) is 3.55. The lowest BCUT2D eigenvalue weighted by atomic mass is 10.1. The lowest BCUT2D eigenvalue weighted by Gasteiger charge is -2.16. The fourth-order valence-electron chi connectivity index (χ4n) is 1.81. The molecule has 15 heteroatoms. The quantitative estimate of drug-likeness (QED) is 0.132. The summed E-state index contributed by atoms with van der Waals surface area (Å²) in [5.41, 5.74) is 11.1. The standard InChI is InChI=1S/C10H17N3O6S.C6H8N2O2S/c11-5(10(18)19)1-2-7(14)13-6(4-20)9(17)12-3-8(15)16;7-5-1-3-6(4-2-5)11(8,9)10/h5-6,20H,1-4,11H2,(H,12,17)(H,13,14)(H,15,16)(H,18,19);1-4H,7H2,(H2,8,9,10)/t5-,6-;/m0./s1. The number of anilines is 1. The lowest BCUT2D eigenvalue weighted by Crippen LogP contribution is -2.49. The molecule has 13 nitrogen and oxygen atoms in total. The highest BCUT2D eigenvalue weighted by Gasteiger charge is 2.20. The van der Waals surface area contributed by atoms with Crippen molar-refractivity contribution in [1.82, 2.24) is 10.6 Å². The second kappa shape index (κ2) is 13.4. The Balaban J connectivity index is 0.000000683. The molecule has 0 aromatic heterocycles. The number of rotatable bonds is 10. The third kappa shape index (κ3) is 12.4. The van der Waals surface area contributed by atoms with Crippen molar-refractivity contribution in [2.24, 2.45) is 10.9 Å². The van der Waals surface area contributed by atoms with E-state index in [0.717, 1.165) is 0 Å². The van der Waals surface area contributed by atoms with Crippen molar-refractivity contribution in [3.63, 3.8) is 0 Å². The molecule has 10 N–H and O–H groups in total. The van der Waals surface area contributed by atoms with E-state index in [1.54, 1.807) is 0 Å². The van der Waals surface area contributed by atoms with Gasteiger partial charge in [0.2, 0.25) is 21.8 Å². The van der Waals surface area contributed by atoms with Crippen LogP contribution in [-0.4, -0.2) is 66.8 Å². The number of nitrogens with two attached hydrogens (primary N) is 3. The Morgan fingerprint density at radius 3 is 2.06 bits per heavy atom. The first kappa shape index (κ1) is 28.1. The maximum Gasteiger partial charge on any atom is 0.322 e. The van der Waals surface area contributed by atoms with Crippen molar-refractivity contribution in [3.8, 4) is 0 Å². The van der Waals surface area contributed by atoms with E-state index in [2.05, 4.69) is 23.3 Å². The Hall–Kier alpha value is -2.88. The Morgan fingerprint density at radius 1 is 1.10 bits per heavy atom. The first-order valence-corrected chi connectivity index (χ1v) is 10.7. The molecule has 174 valence electrons. The number of sulfonamides is 1. The zero-order chi connectivity index (χ0) is 24.2. The number of hydrogen-bond acceptors (Lipinski definition) is 9. The molecule has 1 rings (SSSR count). The number of carbonyl (C=O) groups excluding carboxylic acids is 2. The minimum absolute atomic E-state index is 0.0256. The van der Waals surface area contributed by atoms with E-state index in [9.17, 15) is 27.6 Å². The van der Waals surface area contributed by atoms with E-state index in [4.69, 9.17) is 26.8 Å². The van der Waals surface area contributed by atoms with Crippen molar-refractivity contribution in [1.29, 1.82) is 0 Å². The highest BCUT2D eigenvalue weighted by atomic mass is 32.2. The molecule has 2 atom stereocenters. The van der Waals surface area contributed by atoms with Gasteiger partial charge in [-0.1, -0.05) is 0 Å². The molecule has 0 saturated carbocycles. The molecule has 0 heterocycles. The highest BCUT2D eigenvalue weighted by Crippen LogP contribution is 2.08. The summed E-state index contributed by atoms with van der Waals surface area (Å²) in [6.07, 6.45) is -0.235. The van der Waals surface area contributed by atoms with Crippen LogP contribution in [0.3, 0.4) is 0 Å². The van der Waals surface area contributed by atoms with Gasteiger partial charge in [0.15, 0.2) is 0 Å². The monoisotopic (exact) mass is 479 g/mol. The van der Waals surface area contributed by atoms with Crippen LogP contribution in [0, 0.1) is 0 Å². The maximum atomic E-state index is 11.5. The van der Waals surface area contributed by atoms with E-state index in [1.807, 2.05) is 0 Å². The van der Waals surface area contributed by atoms with E-state index in [-0.39, 0.29) is 23.5 Å². The van der Waals surface area contributed by atoms with Gasteiger partial charge in [0.05, 0.1) is 4.90 Å². The van der Waals surface area contributed by atoms with Crippen LogP contribution >= 0.6 is 12.6 Å². The predicted molar refractivity (Wildman–Crippen MR) is 114 cm³/mol. The van der Waals surface area contributed by atoms with Gasteiger partial charge >= 0.3 is 11.9 Å². The van der Waals surface area contributed by atoms with Crippen LogP contribution in [0.5, 0.6) is 0 Å². The summed E-state index contributed by atoms with van der Waals surface area (Å²) in [5.74, 6) is -3.70. The zero-order valence-corrected chi connectivity index (χ0v) is 17.9. The van der Waals surface area contributed by atoms with Crippen LogP contribution in [0.25, 0.3) is 0 Å². The van der Waals surface area contributed by atoms with Gasteiger partial charge in [0.25, 0.3) is 0 Å². The van der Waals surface area contributed by atoms with E-state index in [0.29, 0.717) is 5.69 Å². The number of aliphatic carboxylic acids is 2. The van der Waals surface area contributed by atoms with Gasteiger partial charge in [-0.15, -0.1) is 0 Å². The SMILES string of the molecule is N[C@@H](CCC(=O)N[C@@H](CS)C(=O)NCC(=O)O)C(=O)O.Nc1ccc(S(N)(=O)=O)cc1. The minimum Gasteiger partial charge on any atom is -0.480 e. The average Bonchev–Trinajstić information content (AvgIpc) is 2.68. The maximum absolute atomic E-state index is 11.5. The molecule has 0 unspecified atom stereocenters. The van der Waals surface area contributed by atoms with Gasteiger partial charge in [-0.2, -0.15) is 12.6 Å². The van der Waals surface area contributed by atoms with Gasteiger partial charge in [-0.3, -0.25) is 19.2 Å². The van der Waals surface area contributed by atoms with Crippen LogP contribution in [0.1, 0.15) is 12.8 Å². The summed E-state index contributed by atoms with van der Waals surface area (Å²) >= 11 is 3.87. The average molecular weight is 480 g/mol. The summed E-state index contributed by atoms with van der Waals surface area (Å²) in [7, 11) is -3.58. The van der Waals surface area contributed by atoms with Gasteiger partial charge in [-0.25, -0.2) is 13.6 Å². The van der Waals surface area contributed by atoms with Crippen LogP contribution in [0.2, 0.25) is 0 Å². The molecule has 1 aromatic carbocycles. The number of benzene rings is 1. The highest BCUT2D eigenvalue weighted by molar-refractivity contribution is 7.89. The predicted octanol–water partition coefficient (Wildman–Crippen LogP) is -2.29. The largest absolute Gasteiger partial charge is 0.480 e. The molecule has 0 aliphatic rings. The number of hydrogen-bond donors (Lipinski definition) is 8. The molecule has 0 bridgehead atoms. The molecule has 0 saturated heterocycles. The molecule has 0 fully saturated rings. The van der Waals surface area contributed by atoms with Crippen molar-refractivity contribution in [2.75, 3.05) is 18.0 Å². The molecule has 0 spiro atoms. The van der Waals surface area contributed by atoms with E-state index < -0.39 is 52.4 Å². The Bertz CT molecular complexity index is 876. The lowest BCUT2D eigenvalue weighted by molar-refractivity contribution is -0.139. The topological polar surface area (TPSA) is 245 Å².